The summed E-state index contributed by atoms with van der Waals surface area (Å²) in [6, 6.07) is 1.72. The second-order valence-corrected chi connectivity index (χ2v) is 5.00. The van der Waals surface area contributed by atoms with Crippen LogP contribution in [0.4, 0.5) is 0 Å². The second kappa shape index (κ2) is 6.92. The van der Waals surface area contributed by atoms with Crippen LogP contribution in [0.1, 0.15) is 36.5 Å². The summed E-state index contributed by atoms with van der Waals surface area (Å²) in [7, 11) is 1.72. The predicted molar refractivity (Wildman–Crippen MR) is 72.7 cm³/mol. The van der Waals surface area contributed by atoms with Crippen LogP contribution < -0.4 is 10.6 Å². The Balaban J connectivity index is 2.31. The van der Waals surface area contributed by atoms with Gasteiger partial charge in [-0.05, 0) is 18.9 Å². The van der Waals surface area contributed by atoms with E-state index >= 15 is 0 Å². The van der Waals surface area contributed by atoms with E-state index in [1.54, 1.807) is 13.1 Å². The van der Waals surface area contributed by atoms with E-state index in [1.807, 2.05) is 20.8 Å². The van der Waals surface area contributed by atoms with Crippen molar-refractivity contribution in [1.82, 2.24) is 20.4 Å². The first-order valence-electron chi connectivity index (χ1n) is 6.45. The van der Waals surface area contributed by atoms with Gasteiger partial charge in [0.1, 0.15) is 5.69 Å². The molecule has 0 unspecified atom stereocenters. The maximum atomic E-state index is 11.8. The number of carbonyl (C=O) groups is 2. The molecule has 106 valence electrons. The average Bonchev–Trinajstić information content (AvgIpc) is 2.65. The number of aryl methyl sites for hydroxylation is 2. The van der Waals surface area contributed by atoms with Crippen LogP contribution in [0, 0.1) is 12.8 Å². The summed E-state index contributed by atoms with van der Waals surface area (Å²) < 4.78 is 1.53. The Bertz CT molecular complexity index is 451. The Hall–Kier alpha value is -1.85. The average molecular weight is 266 g/mol. The minimum atomic E-state index is -0.209. The van der Waals surface area contributed by atoms with E-state index in [-0.39, 0.29) is 18.2 Å². The van der Waals surface area contributed by atoms with Crippen LogP contribution in [-0.4, -0.2) is 34.7 Å². The van der Waals surface area contributed by atoms with Crippen LogP contribution in [0.2, 0.25) is 0 Å². The highest BCUT2D eigenvalue weighted by molar-refractivity contribution is 5.92. The smallest absolute Gasteiger partial charge is 0.269 e. The van der Waals surface area contributed by atoms with E-state index in [2.05, 4.69) is 15.7 Å². The Labute approximate surface area is 113 Å². The van der Waals surface area contributed by atoms with Gasteiger partial charge in [0, 0.05) is 26.6 Å². The van der Waals surface area contributed by atoms with Crippen LogP contribution >= 0.6 is 0 Å². The Morgan fingerprint density at radius 2 is 2.05 bits per heavy atom. The maximum Gasteiger partial charge on any atom is 0.269 e. The van der Waals surface area contributed by atoms with Gasteiger partial charge in [-0.1, -0.05) is 13.8 Å². The minimum Gasteiger partial charge on any atom is -0.356 e. The minimum absolute atomic E-state index is 0.0461. The molecule has 1 rings (SSSR count). The molecule has 0 fully saturated rings. The molecule has 6 heteroatoms. The van der Waals surface area contributed by atoms with Gasteiger partial charge >= 0.3 is 0 Å². The van der Waals surface area contributed by atoms with Crippen molar-refractivity contribution in [3.8, 4) is 0 Å². The third-order valence-corrected chi connectivity index (χ3v) is 2.58. The summed E-state index contributed by atoms with van der Waals surface area (Å²) in [5, 5.41) is 9.62. The lowest BCUT2D eigenvalue weighted by Crippen LogP contribution is -2.33. The van der Waals surface area contributed by atoms with Gasteiger partial charge in [0.15, 0.2) is 0 Å². The van der Waals surface area contributed by atoms with Gasteiger partial charge in [0.25, 0.3) is 5.91 Å². The number of hydrogen-bond acceptors (Lipinski definition) is 3. The van der Waals surface area contributed by atoms with Crippen molar-refractivity contribution in [3.05, 3.63) is 17.5 Å². The largest absolute Gasteiger partial charge is 0.356 e. The van der Waals surface area contributed by atoms with Crippen molar-refractivity contribution in [2.24, 2.45) is 13.0 Å². The molecular weight excluding hydrogens is 244 g/mol. The topological polar surface area (TPSA) is 76.0 Å². The summed E-state index contributed by atoms with van der Waals surface area (Å²) in [5.74, 6) is 0.172. The van der Waals surface area contributed by atoms with Gasteiger partial charge in [0.2, 0.25) is 5.91 Å². The number of amides is 2. The van der Waals surface area contributed by atoms with E-state index in [1.165, 1.54) is 4.68 Å². The van der Waals surface area contributed by atoms with Crippen LogP contribution in [-0.2, 0) is 11.8 Å². The van der Waals surface area contributed by atoms with Gasteiger partial charge in [-0.2, -0.15) is 5.10 Å². The number of aromatic nitrogens is 2. The molecular formula is C13H22N4O2. The number of carbonyl (C=O) groups excluding carboxylic acids is 2. The number of hydrogen-bond donors (Lipinski definition) is 2. The molecule has 0 aliphatic heterocycles. The SMILES string of the molecule is Cc1cc(C(=O)NCCC(=O)NCC(C)C)n(C)n1. The third kappa shape index (κ3) is 5.11. The van der Waals surface area contributed by atoms with Crippen molar-refractivity contribution >= 4 is 11.8 Å². The molecule has 0 aliphatic carbocycles. The fourth-order valence-corrected chi connectivity index (χ4v) is 1.61. The molecule has 0 radical (unpaired) electrons. The lowest BCUT2D eigenvalue weighted by molar-refractivity contribution is -0.121. The van der Waals surface area contributed by atoms with E-state index in [0.717, 1.165) is 5.69 Å². The van der Waals surface area contributed by atoms with Gasteiger partial charge in [-0.15, -0.1) is 0 Å². The Morgan fingerprint density at radius 3 is 2.58 bits per heavy atom. The molecule has 1 aromatic rings. The van der Waals surface area contributed by atoms with Crippen molar-refractivity contribution in [1.29, 1.82) is 0 Å². The predicted octanol–water partition coefficient (Wildman–Crippen LogP) is 0.621. The van der Waals surface area contributed by atoms with Crippen molar-refractivity contribution in [3.63, 3.8) is 0 Å². The maximum absolute atomic E-state index is 11.8. The second-order valence-electron chi connectivity index (χ2n) is 5.00. The zero-order valence-corrected chi connectivity index (χ0v) is 12.0. The molecule has 2 N–H and O–H groups in total. The van der Waals surface area contributed by atoms with Crippen LogP contribution in [0.3, 0.4) is 0 Å². The zero-order valence-electron chi connectivity index (χ0n) is 12.0. The zero-order chi connectivity index (χ0) is 14.4. The Kier molecular flexibility index (Phi) is 5.54. The molecule has 6 nitrogen and oxygen atoms in total. The van der Waals surface area contributed by atoms with E-state index < -0.39 is 0 Å². The monoisotopic (exact) mass is 266 g/mol. The normalized spacial score (nSPS) is 10.6. The fourth-order valence-electron chi connectivity index (χ4n) is 1.61. The molecule has 1 heterocycles. The van der Waals surface area contributed by atoms with Gasteiger partial charge in [0.05, 0.1) is 5.69 Å². The number of nitrogens with zero attached hydrogens (tertiary/aromatic N) is 2. The molecule has 0 saturated heterocycles. The molecule has 0 bridgehead atoms. The third-order valence-electron chi connectivity index (χ3n) is 2.58. The highest BCUT2D eigenvalue weighted by atomic mass is 16.2. The lowest BCUT2D eigenvalue weighted by atomic mass is 10.2. The first kappa shape index (κ1) is 15.2. The molecule has 0 atom stereocenters. The van der Waals surface area contributed by atoms with Crippen LogP contribution in [0.25, 0.3) is 0 Å². The van der Waals surface area contributed by atoms with E-state index in [9.17, 15) is 9.59 Å². The first-order valence-corrected chi connectivity index (χ1v) is 6.45. The number of nitrogens with one attached hydrogen (secondary N) is 2. The van der Waals surface area contributed by atoms with E-state index in [0.29, 0.717) is 24.7 Å². The van der Waals surface area contributed by atoms with Gasteiger partial charge in [-0.3, -0.25) is 14.3 Å². The highest BCUT2D eigenvalue weighted by Crippen LogP contribution is 2.01. The van der Waals surface area contributed by atoms with Crippen molar-refractivity contribution in [2.45, 2.75) is 27.2 Å². The first-order chi connectivity index (χ1) is 8.90. The standard InChI is InChI=1S/C13H22N4O2/c1-9(2)8-15-12(18)5-6-14-13(19)11-7-10(3)16-17(11)4/h7,9H,5-6,8H2,1-4H3,(H,14,19)(H,15,18). The van der Waals surface area contributed by atoms with Crippen LogP contribution in [0.15, 0.2) is 6.07 Å². The lowest BCUT2D eigenvalue weighted by Gasteiger charge is -2.08. The van der Waals surface area contributed by atoms with Gasteiger partial charge in [-0.25, -0.2) is 0 Å². The molecule has 0 aliphatic rings. The van der Waals surface area contributed by atoms with Gasteiger partial charge < -0.3 is 10.6 Å². The van der Waals surface area contributed by atoms with E-state index in [4.69, 9.17) is 0 Å². The molecule has 0 aromatic carbocycles. The van der Waals surface area contributed by atoms with Crippen molar-refractivity contribution < 1.29 is 9.59 Å². The molecule has 1 aromatic heterocycles. The fraction of sp³-hybridized carbons (Fsp3) is 0.615. The Morgan fingerprint density at radius 1 is 1.37 bits per heavy atom. The summed E-state index contributed by atoms with van der Waals surface area (Å²) >= 11 is 0. The summed E-state index contributed by atoms with van der Waals surface area (Å²) in [4.78, 5) is 23.3. The van der Waals surface area contributed by atoms with Crippen molar-refractivity contribution in [2.75, 3.05) is 13.1 Å². The van der Waals surface area contributed by atoms with Crippen LogP contribution in [0.5, 0.6) is 0 Å². The molecule has 19 heavy (non-hydrogen) atoms. The molecule has 2 amide bonds. The number of rotatable bonds is 6. The quantitative estimate of drug-likeness (QED) is 0.792. The molecule has 0 saturated carbocycles. The highest BCUT2D eigenvalue weighted by Gasteiger charge is 2.11. The summed E-state index contributed by atoms with van der Waals surface area (Å²) in [6.45, 7) is 6.89. The molecule has 0 spiro atoms. The summed E-state index contributed by atoms with van der Waals surface area (Å²) in [5.41, 5.74) is 1.29. The summed E-state index contributed by atoms with van der Waals surface area (Å²) in [6.07, 6.45) is 0.287.